The van der Waals surface area contributed by atoms with Crippen molar-refractivity contribution < 1.29 is 28.5 Å². The SMILES string of the molecule is CCC(=O)Nc1cc(N(CCOC)CCOC)ccc1/N=N/c1cc(F)c([N+](=O)[O-])cc1[N+](=O)[O-]. The predicted octanol–water partition coefficient (Wildman–Crippen LogP) is 4.51. The molecule has 2 rings (SSSR count). The Labute approximate surface area is 199 Å². The molecule has 13 nitrogen and oxygen atoms in total. The molecule has 0 unspecified atom stereocenters. The maximum atomic E-state index is 14.1. The maximum Gasteiger partial charge on any atom is 0.311 e. The molecule has 188 valence electrons. The van der Waals surface area contributed by atoms with E-state index in [0.29, 0.717) is 38.4 Å². The van der Waals surface area contributed by atoms with E-state index in [1.165, 1.54) is 6.07 Å². The molecule has 0 fully saturated rings. The number of nitro groups is 2. The van der Waals surface area contributed by atoms with Crippen molar-refractivity contribution in [1.29, 1.82) is 0 Å². The van der Waals surface area contributed by atoms with Crippen molar-refractivity contribution in [3.63, 3.8) is 0 Å². The van der Waals surface area contributed by atoms with Gasteiger partial charge in [0, 0.05) is 45.5 Å². The number of carbonyl (C=O) groups excluding carboxylic acids is 1. The number of hydrogen-bond donors (Lipinski definition) is 1. The number of carbonyl (C=O) groups is 1. The first-order valence-corrected chi connectivity index (χ1v) is 10.4. The van der Waals surface area contributed by atoms with Crippen LogP contribution < -0.4 is 10.2 Å². The van der Waals surface area contributed by atoms with Crippen molar-refractivity contribution in [3.8, 4) is 0 Å². The average Bonchev–Trinajstić information content (AvgIpc) is 2.82. The van der Waals surface area contributed by atoms with Gasteiger partial charge in [0.2, 0.25) is 11.7 Å². The molecule has 0 saturated heterocycles. The number of nitro benzene ring substituents is 2. The number of amides is 1. The molecule has 0 aliphatic heterocycles. The van der Waals surface area contributed by atoms with Gasteiger partial charge in [-0.15, -0.1) is 10.2 Å². The average molecular weight is 492 g/mol. The van der Waals surface area contributed by atoms with Gasteiger partial charge in [-0.3, -0.25) is 25.0 Å². The maximum absolute atomic E-state index is 14.1. The highest BCUT2D eigenvalue weighted by molar-refractivity contribution is 5.94. The summed E-state index contributed by atoms with van der Waals surface area (Å²) in [5, 5.41) is 32.6. The summed E-state index contributed by atoms with van der Waals surface area (Å²) in [5.41, 5.74) is -1.23. The molecule has 35 heavy (non-hydrogen) atoms. The molecular formula is C21H25FN6O7. The smallest absolute Gasteiger partial charge is 0.311 e. The van der Waals surface area contributed by atoms with Crippen LogP contribution in [0.2, 0.25) is 0 Å². The lowest BCUT2D eigenvalue weighted by molar-refractivity contribution is -0.395. The van der Waals surface area contributed by atoms with Crippen molar-refractivity contribution in [1.82, 2.24) is 0 Å². The number of nitrogens with one attached hydrogen (secondary N) is 1. The molecule has 1 N–H and O–H groups in total. The molecule has 0 radical (unpaired) electrons. The van der Waals surface area contributed by atoms with Gasteiger partial charge in [-0.25, -0.2) is 0 Å². The number of azo groups is 1. The van der Waals surface area contributed by atoms with Crippen molar-refractivity contribution in [2.24, 2.45) is 10.2 Å². The van der Waals surface area contributed by atoms with Gasteiger partial charge in [0.15, 0.2) is 5.69 Å². The second-order valence-corrected chi connectivity index (χ2v) is 7.08. The molecule has 0 heterocycles. The molecule has 0 bridgehead atoms. The number of rotatable bonds is 13. The Hall–Kier alpha value is -4.04. The fourth-order valence-electron chi connectivity index (χ4n) is 2.93. The highest BCUT2D eigenvalue weighted by Gasteiger charge is 2.25. The molecule has 2 aromatic carbocycles. The van der Waals surface area contributed by atoms with Crippen LogP contribution in [0.15, 0.2) is 40.6 Å². The number of ether oxygens (including phenoxy) is 2. The van der Waals surface area contributed by atoms with E-state index in [1.807, 2.05) is 4.90 Å². The minimum Gasteiger partial charge on any atom is -0.383 e. The normalized spacial score (nSPS) is 11.0. The number of hydrogen-bond acceptors (Lipinski definition) is 10. The zero-order valence-corrected chi connectivity index (χ0v) is 19.4. The lowest BCUT2D eigenvalue weighted by atomic mass is 10.2. The predicted molar refractivity (Wildman–Crippen MR) is 125 cm³/mol. The molecule has 1 amide bonds. The topological polar surface area (TPSA) is 162 Å². The summed E-state index contributed by atoms with van der Waals surface area (Å²) in [6.07, 6.45) is 0.177. The second kappa shape index (κ2) is 13.0. The largest absolute Gasteiger partial charge is 0.383 e. The van der Waals surface area contributed by atoms with E-state index in [9.17, 15) is 29.4 Å². The molecule has 14 heteroatoms. The van der Waals surface area contributed by atoms with Crippen LogP contribution >= 0.6 is 0 Å². The Morgan fingerprint density at radius 3 is 2.14 bits per heavy atom. The molecule has 0 saturated carbocycles. The Bertz CT molecular complexity index is 1100. The van der Waals surface area contributed by atoms with E-state index in [4.69, 9.17) is 9.47 Å². The first-order chi connectivity index (χ1) is 16.7. The lowest BCUT2D eigenvalue weighted by Crippen LogP contribution is -2.30. The third kappa shape index (κ3) is 7.48. The van der Waals surface area contributed by atoms with E-state index in [2.05, 4.69) is 15.5 Å². The van der Waals surface area contributed by atoms with Gasteiger partial charge in [-0.1, -0.05) is 6.92 Å². The summed E-state index contributed by atoms with van der Waals surface area (Å²) in [6.45, 7) is 3.62. The first kappa shape index (κ1) is 27.2. The summed E-state index contributed by atoms with van der Waals surface area (Å²) >= 11 is 0. The minimum absolute atomic E-state index is 0.141. The molecule has 0 aliphatic carbocycles. The summed E-state index contributed by atoms with van der Waals surface area (Å²) in [4.78, 5) is 34.3. The standard InChI is InChI=1S/C21H25FN6O7/c1-4-21(29)23-17-11-14(26(7-9-34-2)8-10-35-3)5-6-16(17)24-25-18-12-15(22)19(27(30)31)13-20(18)28(32)33/h5-6,11-13H,4,7-10H2,1-3H3,(H,23,29)/b25-24+. The van der Waals surface area contributed by atoms with Crippen LogP contribution in [-0.2, 0) is 14.3 Å². The first-order valence-electron chi connectivity index (χ1n) is 10.4. The van der Waals surface area contributed by atoms with Crippen molar-refractivity contribution in [2.45, 2.75) is 13.3 Å². The molecular weight excluding hydrogens is 467 g/mol. The van der Waals surface area contributed by atoms with Gasteiger partial charge in [0.25, 0.3) is 0 Å². The third-order valence-corrected chi connectivity index (χ3v) is 4.77. The quantitative estimate of drug-likeness (QED) is 0.243. The second-order valence-electron chi connectivity index (χ2n) is 7.08. The highest BCUT2D eigenvalue weighted by Crippen LogP contribution is 2.37. The van der Waals surface area contributed by atoms with Crippen LogP contribution in [0.25, 0.3) is 0 Å². The number of anilines is 2. The summed E-state index contributed by atoms with van der Waals surface area (Å²) in [6, 6.07) is 5.93. The summed E-state index contributed by atoms with van der Waals surface area (Å²) in [5.74, 6) is -1.61. The van der Waals surface area contributed by atoms with Crippen LogP contribution in [0.3, 0.4) is 0 Å². The molecule has 2 aromatic rings. The van der Waals surface area contributed by atoms with Crippen LogP contribution in [0.1, 0.15) is 13.3 Å². The van der Waals surface area contributed by atoms with Gasteiger partial charge in [-0.2, -0.15) is 4.39 Å². The van der Waals surface area contributed by atoms with E-state index >= 15 is 0 Å². The van der Waals surface area contributed by atoms with Crippen molar-refractivity contribution in [3.05, 3.63) is 56.4 Å². The Morgan fingerprint density at radius 2 is 1.60 bits per heavy atom. The fraction of sp³-hybridized carbons (Fsp3) is 0.381. The number of halogens is 1. The van der Waals surface area contributed by atoms with Crippen LogP contribution in [0.4, 0.5) is 38.5 Å². The monoisotopic (exact) mass is 492 g/mol. The van der Waals surface area contributed by atoms with Crippen LogP contribution in [0, 0.1) is 26.0 Å². The molecule has 0 atom stereocenters. The minimum atomic E-state index is -1.30. The number of methoxy groups -OCH3 is 2. The van der Waals surface area contributed by atoms with Gasteiger partial charge in [-0.05, 0) is 18.2 Å². The van der Waals surface area contributed by atoms with Gasteiger partial charge in [0.1, 0.15) is 5.69 Å². The van der Waals surface area contributed by atoms with E-state index in [0.717, 1.165) is 5.69 Å². The Morgan fingerprint density at radius 1 is 1.00 bits per heavy atom. The van der Waals surface area contributed by atoms with Crippen LogP contribution in [-0.4, -0.2) is 56.3 Å². The molecule has 0 aromatic heterocycles. The number of nitrogens with zero attached hydrogens (tertiary/aromatic N) is 5. The van der Waals surface area contributed by atoms with Gasteiger partial charge in [0.05, 0.1) is 34.8 Å². The molecule has 0 aliphatic rings. The van der Waals surface area contributed by atoms with Gasteiger partial charge < -0.3 is 19.7 Å². The number of benzene rings is 2. The Balaban J connectivity index is 2.51. The molecule has 0 spiro atoms. The third-order valence-electron chi connectivity index (χ3n) is 4.77. The Kier molecular flexibility index (Phi) is 10.1. The van der Waals surface area contributed by atoms with E-state index in [1.54, 1.807) is 33.3 Å². The van der Waals surface area contributed by atoms with E-state index in [-0.39, 0.29) is 23.7 Å². The zero-order chi connectivity index (χ0) is 26.0. The lowest BCUT2D eigenvalue weighted by Gasteiger charge is -2.25. The highest BCUT2D eigenvalue weighted by atomic mass is 19.1. The van der Waals surface area contributed by atoms with Crippen molar-refractivity contribution >= 4 is 40.0 Å². The fourth-order valence-corrected chi connectivity index (χ4v) is 2.93. The van der Waals surface area contributed by atoms with E-state index < -0.39 is 32.7 Å². The zero-order valence-electron chi connectivity index (χ0n) is 19.4. The van der Waals surface area contributed by atoms with Crippen molar-refractivity contribution in [2.75, 3.05) is 50.7 Å². The summed E-state index contributed by atoms with van der Waals surface area (Å²) < 4.78 is 24.4. The summed E-state index contributed by atoms with van der Waals surface area (Å²) in [7, 11) is 3.15. The van der Waals surface area contributed by atoms with Gasteiger partial charge >= 0.3 is 11.4 Å². The van der Waals surface area contributed by atoms with Crippen LogP contribution in [0.5, 0.6) is 0 Å².